The summed E-state index contributed by atoms with van der Waals surface area (Å²) in [6.45, 7) is 5.37. The van der Waals surface area contributed by atoms with Gasteiger partial charge >= 0.3 is 0 Å². The van der Waals surface area contributed by atoms with E-state index in [0.29, 0.717) is 22.7 Å². The van der Waals surface area contributed by atoms with Gasteiger partial charge in [-0.25, -0.2) is 8.42 Å². The predicted molar refractivity (Wildman–Crippen MR) is 163 cm³/mol. The van der Waals surface area contributed by atoms with Gasteiger partial charge < -0.3 is 10.2 Å². The van der Waals surface area contributed by atoms with Crippen LogP contribution in [0.4, 0.5) is 5.69 Å². The van der Waals surface area contributed by atoms with E-state index >= 15 is 0 Å². The first-order valence-electron chi connectivity index (χ1n) is 14.1. The van der Waals surface area contributed by atoms with E-state index in [-0.39, 0.29) is 23.4 Å². The summed E-state index contributed by atoms with van der Waals surface area (Å²) in [5, 5.41) is 3.55. The number of carbonyl (C=O) groups excluding carboxylic acids is 2. The van der Waals surface area contributed by atoms with Crippen LogP contribution < -0.4 is 9.62 Å². The highest BCUT2D eigenvalue weighted by atomic mass is 35.5. The summed E-state index contributed by atoms with van der Waals surface area (Å²) in [7, 11) is -4.15. The van der Waals surface area contributed by atoms with Gasteiger partial charge in [-0.1, -0.05) is 79.4 Å². The lowest BCUT2D eigenvalue weighted by molar-refractivity contribution is -0.140. The van der Waals surface area contributed by atoms with Crippen LogP contribution in [0.2, 0.25) is 5.02 Å². The molecule has 3 aromatic rings. The zero-order chi connectivity index (χ0) is 29.6. The second-order valence-electron chi connectivity index (χ2n) is 10.7. The molecular formula is C32H38ClN3O4S. The van der Waals surface area contributed by atoms with Crippen LogP contribution in [0.15, 0.2) is 77.7 Å². The number of rotatable bonds is 11. The monoisotopic (exact) mass is 595 g/mol. The van der Waals surface area contributed by atoms with E-state index in [1.807, 2.05) is 44.2 Å². The van der Waals surface area contributed by atoms with Gasteiger partial charge in [0, 0.05) is 17.6 Å². The summed E-state index contributed by atoms with van der Waals surface area (Å²) < 4.78 is 29.1. The van der Waals surface area contributed by atoms with Gasteiger partial charge in [0.05, 0.1) is 10.6 Å². The molecule has 218 valence electrons. The fraction of sp³-hybridized carbons (Fsp3) is 0.375. The molecule has 0 aliphatic heterocycles. The summed E-state index contributed by atoms with van der Waals surface area (Å²) >= 11 is 6.03. The van der Waals surface area contributed by atoms with Gasteiger partial charge in [-0.2, -0.15) is 0 Å². The molecule has 0 spiro atoms. The molecule has 1 fully saturated rings. The zero-order valence-electron chi connectivity index (χ0n) is 23.8. The number of sulfonamides is 1. The van der Waals surface area contributed by atoms with Gasteiger partial charge in [0.15, 0.2) is 0 Å². The van der Waals surface area contributed by atoms with Crippen molar-refractivity contribution in [3.63, 3.8) is 0 Å². The van der Waals surface area contributed by atoms with E-state index in [1.54, 1.807) is 25.1 Å². The van der Waals surface area contributed by atoms with Crippen molar-refractivity contribution in [2.24, 2.45) is 0 Å². The molecule has 9 heteroatoms. The number of aryl methyl sites for hydroxylation is 2. The fourth-order valence-corrected chi connectivity index (χ4v) is 6.99. The standard InChI is InChI=1S/C32H38ClN3O4S/c1-4-29(32(38)34-27-13-6-7-14-27)35(21-25-12-9-10-23(2)20-25)31(37)22-36(30-15-8-5-11-24(30)3)41(39,40)28-18-16-26(33)17-19-28/h5,8-12,15-20,27,29H,4,6-7,13-14,21-22H2,1-3H3,(H,34,38). The third-order valence-electron chi connectivity index (χ3n) is 7.59. The number of amides is 2. The number of hydrogen-bond acceptors (Lipinski definition) is 4. The van der Waals surface area contributed by atoms with Crippen LogP contribution in [-0.2, 0) is 26.2 Å². The molecule has 0 saturated heterocycles. The topological polar surface area (TPSA) is 86.8 Å². The Labute approximate surface area is 248 Å². The van der Waals surface area contributed by atoms with Crippen molar-refractivity contribution in [3.05, 3.63) is 94.5 Å². The van der Waals surface area contributed by atoms with E-state index in [9.17, 15) is 18.0 Å². The Morgan fingerprint density at radius 1 is 0.976 bits per heavy atom. The van der Waals surface area contributed by atoms with E-state index in [1.165, 1.54) is 29.2 Å². The number of nitrogens with one attached hydrogen (secondary N) is 1. The van der Waals surface area contributed by atoms with E-state index < -0.39 is 28.5 Å². The van der Waals surface area contributed by atoms with Crippen molar-refractivity contribution in [2.75, 3.05) is 10.8 Å². The molecule has 4 rings (SSSR count). The van der Waals surface area contributed by atoms with Gasteiger partial charge in [0.25, 0.3) is 10.0 Å². The van der Waals surface area contributed by atoms with Crippen molar-refractivity contribution in [1.82, 2.24) is 10.2 Å². The number of hydrogen-bond donors (Lipinski definition) is 1. The minimum absolute atomic E-state index is 0.0224. The number of para-hydroxylation sites is 1. The molecule has 0 heterocycles. The first-order chi connectivity index (χ1) is 19.6. The Morgan fingerprint density at radius 2 is 1.66 bits per heavy atom. The first-order valence-corrected chi connectivity index (χ1v) is 15.9. The van der Waals surface area contributed by atoms with Gasteiger partial charge in [-0.05, 0) is 74.6 Å². The first kappa shape index (κ1) is 30.6. The van der Waals surface area contributed by atoms with Crippen molar-refractivity contribution >= 4 is 39.1 Å². The molecule has 1 atom stereocenters. The fourth-order valence-electron chi connectivity index (χ4n) is 5.38. The average Bonchev–Trinajstić information content (AvgIpc) is 3.45. The Hall–Kier alpha value is -3.36. The number of benzene rings is 3. The third-order valence-corrected chi connectivity index (χ3v) is 9.61. The zero-order valence-corrected chi connectivity index (χ0v) is 25.4. The minimum Gasteiger partial charge on any atom is -0.352 e. The molecule has 1 aliphatic carbocycles. The Balaban J connectivity index is 1.72. The quantitative estimate of drug-likeness (QED) is 0.294. The molecular weight excluding hydrogens is 558 g/mol. The van der Waals surface area contributed by atoms with E-state index in [2.05, 4.69) is 5.32 Å². The maximum absolute atomic E-state index is 14.2. The normalized spacial score (nSPS) is 14.4. The maximum atomic E-state index is 14.2. The molecule has 2 amide bonds. The van der Waals surface area contributed by atoms with Crippen LogP contribution in [0.1, 0.15) is 55.7 Å². The lowest BCUT2D eigenvalue weighted by atomic mass is 10.1. The molecule has 7 nitrogen and oxygen atoms in total. The SMILES string of the molecule is CCC(C(=O)NC1CCCC1)N(Cc1cccc(C)c1)C(=O)CN(c1ccccc1C)S(=O)(=O)c1ccc(Cl)cc1. The van der Waals surface area contributed by atoms with Gasteiger partial charge in [0.2, 0.25) is 11.8 Å². The lowest BCUT2D eigenvalue weighted by Crippen LogP contribution is -2.53. The smallest absolute Gasteiger partial charge is 0.264 e. The van der Waals surface area contributed by atoms with Crippen LogP contribution in [0.5, 0.6) is 0 Å². The second kappa shape index (κ2) is 13.5. The lowest BCUT2D eigenvalue weighted by Gasteiger charge is -2.34. The largest absolute Gasteiger partial charge is 0.352 e. The molecule has 0 aromatic heterocycles. The van der Waals surface area contributed by atoms with E-state index in [0.717, 1.165) is 41.1 Å². The summed E-state index contributed by atoms with van der Waals surface area (Å²) in [6.07, 6.45) is 4.39. The van der Waals surface area contributed by atoms with Gasteiger partial charge in [-0.15, -0.1) is 0 Å². The van der Waals surface area contributed by atoms with Gasteiger partial charge in [0.1, 0.15) is 12.6 Å². The minimum atomic E-state index is -4.15. The molecule has 41 heavy (non-hydrogen) atoms. The van der Waals surface area contributed by atoms with Crippen molar-refractivity contribution in [2.45, 2.75) is 76.4 Å². The molecule has 1 aliphatic rings. The number of nitrogens with zero attached hydrogens (tertiary/aromatic N) is 2. The van der Waals surface area contributed by atoms with Crippen molar-refractivity contribution in [1.29, 1.82) is 0 Å². The summed E-state index contributed by atoms with van der Waals surface area (Å²) in [5.41, 5.74) is 3.00. The van der Waals surface area contributed by atoms with Crippen LogP contribution in [0, 0.1) is 13.8 Å². The van der Waals surface area contributed by atoms with Crippen LogP contribution >= 0.6 is 11.6 Å². The number of halogens is 1. The molecule has 0 bridgehead atoms. The van der Waals surface area contributed by atoms with Crippen LogP contribution in [0.25, 0.3) is 0 Å². The molecule has 3 aromatic carbocycles. The highest BCUT2D eigenvalue weighted by molar-refractivity contribution is 7.92. The molecule has 0 radical (unpaired) electrons. The van der Waals surface area contributed by atoms with Crippen molar-refractivity contribution in [3.8, 4) is 0 Å². The Kier molecular flexibility index (Phi) is 10.1. The van der Waals surface area contributed by atoms with Crippen molar-refractivity contribution < 1.29 is 18.0 Å². The predicted octanol–water partition coefficient (Wildman–Crippen LogP) is 6.02. The second-order valence-corrected chi connectivity index (χ2v) is 13.0. The summed E-state index contributed by atoms with van der Waals surface area (Å²) in [5.74, 6) is -0.663. The molecule has 1 unspecified atom stereocenters. The highest BCUT2D eigenvalue weighted by Gasteiger charge is 2.35. The maximum Gasteiger partial charge on any atom is 0.264 e. The van der Waals surface area contributed by atoms with Gasteiger partial charge in [-0.3, -0.25) is 13.9 Å². The molecule has 1 saturated carbocycles. The third kappa shape index (κ3) is 7.49. The molecule has 1 N–H and O–H groups in total. The summed E-state index contributed by atoms with van der Waals surface area (Å²) in [6, 6.07) is 20.1. The van der Waals surface area contributed by atoms with Crippen LogP contribution in [0.3, 0.4) is 0 Å². The summed E-state index contributed by atoms with van der Waals surface area (Å²) in [4.78, 5) is 29.3. The number of carbonyl (C=O) groups is 2. The Morgan fingerprint density at radius 3 is 2.29 bits per heavy atom. The Bertz CT molecular complexity index is 1470. The van der Waals surface area contributed by atoms with Crippen LogP contribution in [-0.4, -0.2) is 43.8 Å². The average molecular weight is 596 g/mol. The van der Waals surface area contributed by atoms with E-state index in [4.69, 9.17) is 11.6 Å². The number of anilines is 1. The highest BCUT2D eigenvalue weighted by Crippen LogP contribution is 2.28.